The lowest BCUT2D eigenvalue weighted by Crippen LogP contribution is -2.21. The Hall–Kier alpha value is -4.91. The Morgan fingerprint density at radius 2 is 1.39 bits per heavy atom. The average Bonchev–Trinajstić information content (AvgIpc) is 2.93. The van der Waals surface area contributed by atoms with Crippen LogP contribution < -0.4 is 20.2 Å². The lowest BCUT2D eigenvalue weighted by atomic mass is 10.0. The molecule has 0 unspecified atom stereocenters. The summed E-state index contributed by atoms with van der Waals surface area (Å²) in [6.45, 7) is 0. The second-order valence-electron chi connectivity index (χ2n) is 7.76. The van der Waals surface area contributed by atoms with Gasteiger partial charge in [-0.05, 0) is 47.0 Å². The zero-order chi connectivity index (χ0) is 25.3. The van der Waals surface area contributed by atoms with Crippen molar-refractivity contribution in [3.8, 4) is 22.6 Å². The number of carbonyl (C=O) groups is 2. The van der Waals surface area contributed by atoms with Crippen molar-refractivity contribution < 1.29 is 19.1 Å². The predicted octanol–water partition coefficient (Wildman–Crippen LogP) is 5.39. The minimum absolute atomic E-state index is 0.280. The van der Waals surface area contributed by atoms with Crippen molar-refractivity contribution in [2.45, 2.75) is 0 Å². The van der Waals surface area contributed by atoms with Gasteiger partial charge in [-0.15, -0.1) is 0 Å². The zero-order valence-electron chi connectivity index (χ0n) is 19.9. The standard InChI is InChI=1S/C29H25N3O4/c1-35-26-17-16-23(18-27(26)36-2)28(33)31-25-11-7-6-10-24(25)29(34)32-30-19-20-12-14-22(15-13-20)21-8-4-3-5-9-21/h3-19H,1-2H3,(H,31,33)(H,32,34). The largest absolute Gasteiger partial charge is 0.493 e. The smallest absolute Gasteiger partial charge is 0.273 e. The van der Waals surface area contributed by atoms with Gasteiger partial charge in [0.05, 0.1) is 31.7 Å². The lowest BCUT2D eigenvalue weighted by molar-refractivity contribution is 0.0956. The topological polar surface area (TPSA) is 89.0 Å². The molecule has 0 aliphatic rings. The fourth-order valence-corrected chi connectivity index (χ4v) is 3.58. The van der Waals surface area contributed by atoms with E-state index in [-0.39, 0.29) is 5.56 Å². The molecule has 0 aliphatic carbocycles. The summed E-state index contributed by atoms with van der Waals surface area (Å²) in [5.74, 6) is 0.109. The van der Waals surface area contributed by atoms with Crippen molar-refractivity contribution in [2.75, 3.05) is 19.5 Å². The summed E-state index contributed by atoms with van der Waals surface area (Å²) < 4.78 is 10.5. The first-order valence-electron chi connectivity index (χ1n) is 11.2. The highest BCUT2D eigenvalue weighted by Gasteiger charge is 2.15. The minimum Gasteiger partial charge on any atom is -0.493 e. The SMILES string of the molecule is COc1ccc(C(=O)Nc2ccccc2C(=O)NN=Cc2ccc(-c3ccccc3)cc2)cc1OC. The number of anilines is 1. The van der Waals surface area contributed by atoms with Crippen molar-refractivity contribution in [3.05, 3.63) is 114 Å². The van der Waals surface area contributed by atoms with Gasteiger partial charge in [0, 0.05) is 5.56 Å². The summed E-state index contributed by atoms with van der Waals surface area (Å²) in [7, 11) is 3.02. The summed E-state index contributed by atoms with van der Waals surface area (Å²) in [5, 5.41) is 6.85. The number of nitrogens with zero attached hydrogens (tertiary/aromatic N) is 1. The highest BCUT2D eigenvalue weighted by Crippen LogP contribution is 2.28. The van der Waals surface area contributed by atoms with Crippen LogP contribution in [0.5, 0.6) is 11.5 Å². The van der Waals surface area contributed by atoms with Crippen LogP contribution in [0.1, 0.15) is 26.3 Å². The van der Waals surface area contributed by atoms with Crippen LogP contribution in [0.4, 0.5) is 5.69 Å². The van der Waals surface area contributed by atoms with Gasteiger partial charge < -0.3 is 14.8 Å². The van der Waals surface area contributed by atoms with Gasteiger partial charge in [0.2, 0.25) is 0 Å². The molecule has 0 aliphatic heterocycles. The Labute approximate surface area is 209 Å². The Kier molecular flexibility index (Phi) is 7.73. The molecule has 4 aromatic rings. The lowest BCUT2D eigenvalue weighted by Gasteiger charge is -2.12. The van der Waals surface area contributed by atoms with Crippen molar-refractivity contribution in [1.82, 2.24) is 5.43 Å². The quantitative estimate of drug-likeness (QED) is 0.262. The maximum atomic E-state index is 12.8. The van der Waals surface area contributed by atoms with E-state index in [2.05, 4.69) is 15.8 Å². The third kappa shape index (κ3) is 5.77. The number of hydrogen-bond donors (Lipinski definition) is 2. The van der Waals surface area contributed by atoms with Crippen molar-refractivity contribution >= 4 is 23.7 Å². The third-order valence-electron chi connectivity index (χ3n) is 5.46. The van der Waals surface area contributed by atoms with Gasteiger partial charge in [0.25, 0.3) is 11.8 Å². The Bertz CT molecular complexity index is 1380. The number of rotatable bonds is 8. The zero-order valence-corrected chi connectivity index (χ0v) is 19.9. The molecule has 0 radical (unpaired) electrons. The van der Waals surface area contributed by atoms with Gasteiger partial charge in [-0.1, -0.05) is 66.7 Å². The van der Waals surface area contributed by atoms with Gasteiger partial charge in [-0.2, -0.15) is 5.10 Å². The number of nitrogens with one attached hydrogen (secondary N) is 2. The Morgan fingerprint density at radius 3 is 2.11 bits per heavy atom. The number of benzene rings is 4. The van der Waals surface area contributed by atoms with E-state index in [0.29, 0.717) is 22.7 Å². The molecule has 0 spiro atoms. The molecule has 0 saturated heterocycles. The molecule has 2 amide bonds. The number of amides is 2. The highest BCUT2D eigenvalue weighted by atomic mass is 16.5. The van der Waals surface area contributed by atoms with Crippen molar-refractivity contribution in [3.63, 3.8) is 0 Å². The van der Waals surface area contributed by atoms with E-state index >= 15 is 0 Å². The number of para-hydroxylation sites is 1. The van der Waals surface area contributed by atoms with Gasteiger partial charge in [-0.25, -0.2) is 5.43 Å². The predicted molar refractivity (Wildman–Crippen MR) is 141 cm³/mol. The molecule has 0 atom stereocenters. The molecule has 7 nitrogen and oxygen atoms in total. The summed E-state index contributed by atoms with van der Waals surface area (Å²) in [6.07, 6.45) is 1.57. The van der Waals surface area contributed by atoms with E-state index in [0.717, 1.165) is 16.7 Å². The second-order valence-corrected chi connectivity index (χ2v) is 7.76. The van der Waals surface area contributed by atoms with Crippen LogP contribution in [0.25, 0.3) is 11.1 Å². The van der Waals surface area contributed by atoms with E-state index in [4.69, 9.17) is 9.47 Å². The molecular weight excluding hydrogens is 454 g/mol. The van der Waals surface area contributed by atoms with Crippen LogP contribution in [0.3, 0.4) is 0 Å². The summed E-state index contributed by atoms with van der Waals surface area (Å²) in [5.41, 5.74) is 6.58. The van der Waals surface area contributed by atoms with E-state index in [1.54, 1.807) is 48.7 Å². The van der Waals surface area contributed by atoms with Crippen LogP contribution in [-0.4, -0.2) is 32.2 Å². The fourth-order valence-electron chi connectivity index (χ4n) is 3.58. The number of carbonyl (C=O) groups excluding carboxylic acids is 2. The molecule has 180 valence electrons. The second kappa shape index (κ2) is 11.5. The molecule has 4 rings (SSSR count). The average molecular weight is 480 g/mol. The summed E-state index contributed by atoms with van der Waals surface area (Å²) in [4.78, 5) is 25.6. The van der Waals surface area contributed by atoms with Gasteiger partial charge in [-0.3, -0.25) is 9.59 Å². The molecule has 36 heavy (non-hydrogen) atoms. The van der Waals surface area contributed by atoms with Gasteiger partial charge >= 0.3 is 0 Å². The van der Waals surface area contributed by atoms with Gasteiger partial charge in [0.1, 0.15) is 0 Å². The Morgan fingerprint density at radius 1 is 0.722 bits per heavy atom. The maximum Gasteiger partial charge on any atom is 0.273 e. The molecule has 0 saturated carbocycles. The first-order valence-corrected chi connectivity index (χ1v) is 11.2. The van der Waals surface area contributed by atoms with E-state index in [1.165, 1.54) is 14.2 Å². The van der Waals surface area contributed by atoms with E-state index < -0.39 is 11.8 Å². The Balaban J connectivity index is 1.42. The third-order valence-corrected chi connectivity index (χ3v) is 5.46. The van der Waals surface area contributed by atoms with Crippen LogP contribution in [0.15, 0.2) is 102 Å². The molecule has 0 fully saturated rings. The monoisotopic (exact) mass is 479 g/mol. The first kappa shape index (κ1) is 24.2. The molecule has 2 N–H and O–H groups in total. The van der Waals surface area contributed by atoms with E-state index in [1.807, 2.05) is 54.6 Å². The van der Waals surface area contributed by atoms with E-state index in [9.17, 15) is 9.59 Å². The van der Waals surface area contributed by atoms with Gasteiger partial charge in [0.15, 0.2) is 11.5 Å². The fraction of sp³-hybridized carbons (Fsp3) is 0.0690. The number of methoxy groups -OCH3 is 2. The molecule has 4 aromatic carbocycles. The van der Waals surface area contributed by atoms with Crippen LogP contribution in [0.2, 0.25) is 0 Å². The number of hydrogen-bond acceptors (Lipinski definition) is 5. The molecule has 7 heteroatoms. The summed E-state index contributed by atoms with van der Waals surface area (Å²) >= 11 is 0. The molecule has 0 heterocycles. The number of ether oxygens (including phenoxy) is 2. The van der Waals surface area contributed by atoms with Crippen molar-refractivity contribution in [2.24, 2.45) is 5.10 Å². The summed E-state index contributed by atoms with van der Waals surface area (Å²) in [6, 6.07) is 29.5. The molecule has 0 aromatic heterocycles. The van der Waals surface area contributed by atoms with Crippen LogP contribution >= 0.6 is 0 Å². The maximum absolute atomic E-state index is 12.8. The first-order chi connectivity index (χ1) is 17.6. The normalized spacial score (nSPS) is 10.6. The number of hydrazone groups is 1. The highest BCUT2D eigenvalue weighted by molar-refractivity contribution is 6.09. The molecule has 0 bridgehead atoms. The van der Waals surface area contributed by atoms with Crippen molar-refractivity contribution in [1.29, 1.82) is 0 Å². The minimum atomic E-state index is -0.449. The molecular formula is C29H25N3O4. The van der Waals surface area contributed by atoms with Crippen LogP contribution in [-0.2, 0) is 0 Å². The van der Waals surface area contributed by atoms with Crippen LogP contribution in [0, 0.1) is 0 Å².